The topological polar surface area (TPSA) is 101 Å². The SMILES string of the molecule is O=C1O[C@H](c2c(O)n(-c3cccc(F)c3)c(=O)[nH]c2=O)c2ccccc21. The summed E-state index contributed by atoms with van der Waals surface area (Å²) in [6.45, 7) is 0. The first-order valence-electron chi connectivity index (χ1n) is 7.61. The molecule has 0 radical (unpaired) electrons. The first-order valence-corrected chi connectivity index (χ1v) is 7.61. The molecule has 26 heavy (non-hydrogen) atoms. The van der Waals surface area contributed by atoms with Gasteiger partial charge in [0.2, 0.25) is 5.88 Å². The average molecular weight is 354 g/mol. The minimum absolute atomic E-state index is 0.0163. The van der Waals surface area contributed by atoms with Gasteiger partial charge in [0.15, 0.2) is 6.10 Å². The number of cyclic esters (lactones) is 1. The van der Waals surface area contributed by atoms with Crippen LogP contribution in [0.1, 0.15) is 27.6 Å². The van der Waals surface area contributed by atoms with Crippen LogP contribution in [0.2, 0.25) is 0 Å². The largest absolute Gasteiger partial charge is 0.494 e. The highest BCUT2D eigenvalue weighted by Gasteiger charge is 2.36. The Kier molecular flexibility index (Phi) is 3.47. The fourth-order valence-electron chi connectivity index (χ4n) is 2.99. The van der Waals surface area contributed by atoms with Crippen LogP contribution in [0, 0.1) is 5.82 Å². The summed E-state index contributed by atoms with van der Waals surface area (Å²) in [5.41, 5.74) is -1.48. The highest BCUT2D eigenvalue weighted by molar-refractivity contribution is 5.94. The number of rotatable bonds is 2. The minimum atomic E-state index is -1.18. The lowest BCUT2D eigenvalue weighted by Crippen LogP contribution is -2.32. The van der Waals surface area contributed by atoms with Gasteiger partial charge < -0.3 is 9.84 Å². The third kappa shape index (κ3) is 2.31. The Morgan fingerprint density at radius 3 is 2.62 bits per heavy atom. The smallest absolute Gasteiger partial charge is 0.339 e. The summed E-state index contributed by atoms with van der Waals surface area (Å²) in [7, 11) is 0. The van der Waals surface area contributed by atoms with Crippen LogP contribution in [-0.4, -0.2) is 20.6 Å². The highest BCUT2D eigenvalue weighted by atomic mass is 19.1. The van der Waals surface area contributed by atoms with E-state index in [1.54, 1.807) is 18.2 Å². The van der Waals surface area contributed by atoms with Crippen LogP contribution >= 0.6 is 0 Å². The molecule has 0 aliphatic carbocycles. The Balaban J connectivity index is 1.97. The molecule has 0 fully saturated rings. The molecule has 3 aromatic rings. The first kappa shape index (κ1) is 15.8. The standard InChI is InChI=1S/C18H11FN2O5/c19-9-4-3-5-10(8-9)21-16(23)13(15(22)20-18(21)25)14-11-6-1-2-7-12(11)17(24)26-14/h1-8,14,23H,(H,20,22,25)/t14-/m0/s1. The Morgan fingerprint density at radius 1 is 1.08 bits per heavy atom. The van der Waals surface area contributed by atoms with Gasteiger partial charge in [0.05, 0.1) is 11.3 Å². The molecule has 0 saturated carbocycles. The Labute approximate surface area is 144 Å². The van der Waals surface area contributed by atoms with Crippen LogP contribution in [0.25, 0.3) is 5.69 Å². The normalized spacial score (nSPS) is 15.6. The van der Waals surface area contributed by atoms with Gasteiger partial charge in [-0.15, -0.1) is 0 Å². The van der Waals surface area contributed by atoms with Crippen LogP contribution in [0.3, 0.4) is 0 Å². The monoisotopic (exact) mass is 354 g/mol. The number of carbonyl (C=O) groups is 1. The lowest BCUT2D eigenvalue weighted by Gasteiger charge is -2.15. The molecule has 0 spiro atoms. The number of carbonyl (C=O) groups excluding carboxylic acids is 1. The molecular formula is C18H11FN2O5. The lowest BCUT2D eigenvalue weighted by molar-refractivity contribution is 0.0449. The number of nitrogens with one attached hydrogen (secondary N) is 1. The number of nitrogens with zero attached hydrogens (tertiary/aromatic N) is 1. The molecule has 2 aromatic carbocycles. The number of aromatic hydroxyl groups is 1. The molecule has 0 unspecified atom stereocenters. The lowest BCUT2D eigenvalue weighted by atomic mass is 10.0. The first-order chi connectivity index (χ1) is 12.5. The second-order valence-electron chi connectivity index (χ2n) is 5.68. The molecule has 0 bridgehead atoms. The molecule has 130 valence electrons. The molecule has 1 aliphatic rings. The van der Waals surface area contributed by atoms with E-state index >= 15 is 0 Å². The molecule has 1 atom stereocenters. The summed E-state index contributed by atoms with van der Waals surface area (Å²) in [6.07, 6.45) is -1.18. The summed E-state index contributed by atoms with van der Waals surface area (Å²) in [5, 5.41) is 10.6. The molecule has 0 amide bonds. The van der Waals surface area contributed by atoms with Gasteiger partial charge in [-0.3, -0.25) is 9.78 Å². The fourth-order valence-corrected chi connectivity index (χ4v) is 2.99. The Bertz CT molecular complexity index is 1160. The number of H-pyrrole nitrogens is 1. The molecule has 7 nitrogen and oxygen atoms in total. The molecule has 2 N–H and O–H groups in total. The van der Waals surface area contributed by atoms with E-state index in [0.717, 1.165) is 10.6 Å². The van der Waals surface area contributed by atoms with E-state index in [1.165, 1.54) is 24.3 Å². The number of hydrogen-bond acceptors (Lipinski definition) is 5. The van der Waals surface area contributed by atoms with E-state index in [0.29, 0.717) is 5.56 Å². The maximum absolute atomic E-state index is 13.5. The predicted octanol–water partition coefficient (Wildman–Crippen LogP) is 1.63. The number of halogens is 1. The van der Waals surface area contributed by atoms with E-state index in [1.807, 2.05) is 0 Å². The van der Waals surface area contributed by atoms with Crippen molar-refractivity contribution >= 4 is 5.97 Å². The molecule has 2 heterocycles. The van der Waals surface area contributed by atoms with Gasteiger partial charge in [-0.2, -0.15) is 0 Å². The van der Waals surface area contributed by atoms with E-state index in [2.05, 4.69) is 4.98 Å². The summed E-state index contributed by atoms with van der Waals surface area (Å²) in [5.74, 6) is -1.99. The number of benzene rings is 2. The summed E-state index contributed by atoms with van der Waals surface area (Å²) in [4.78, 5) is 38.6. The van der Waals surface area contributed by atoms with E-state index < -0.39 is 35.0 Å². The molecule has 0 saturated heterocycles. The summed E-state index contributed by atoms with van der Waals surface area (Å²) in [6, 6.07) is 11.4. The van der Waals surface area contributed by atoms with Crippen molar-refractivity contribution in [1.82, 2.24) is 9.55 Å². The van der Waals surface area contributed by atoms with Crippen LogP contribution in [-0.2, 0) is 4.74 Å². The molecule has 1 aromatic heterocycles. The number of esters is 1. The zero-order valence-corrected chi connectivity index (χ0v) is 13.1. The fraction of sp³-hybridized carbons (Fsp3) is 0.0556. The van der Waals surface area contributed by atoms with Crippen molar-refractivity contribution in [3.63, 3.8) is 0 Å². The molecule has 8 heteroatoms. The minimum Gasteiger partial charge on any atom is -0.494 e. The van der Waals surface area contributed by atoms with E-state index in [9.17, 15) is 23.9 Å². The van der Waals surface area contributed by atoms with Crippen molar-refractivity contribution in [3.05, 3.63) is 91.9 Å². The third-order valence-corrected chi connectivity index (χ3v) is 4.14. The number of hydrogen-bond donors (Lipinski definition) is 2. The van der Waals surface area contributed by atoms with E-state index in [-0.39, 0.29) is 16.8 Å². The van der Waals surface area contributed by atoms with Crippen LogP contribution < -0.4 is 11.2 Å². The number of aromatic amines is 1. The van der Waals surface area contributed by atoms with Gasteiger partial charge in [-0.25, -0.2) is 18.5 Å². The summed E-state index contributed by atoms with van der Waals surface area (Å²) < 4.78 is 19.5. The van der Waals surface area contributed by atoms with Crippen molar-refractivity contribution in [1.29, 1.82) is 0 Å². The average Bonchev–Trinajstić information content (AvgIpc) is 2.92. The van der Waals surface area contributed by atoms with Gasteiger partial charge in [0.1, 0.15) is 11.4 Å². The van der Waals surface area contributed by atoms with Crippen LogP contribution in [0.4, 0.5) is 4.39 Å². The van der Waals surface area contributed by atoms with Crippen LogP contribution in [0.15, 0.2) is 58.1 Å². The van der Waals surface area contributed by atoms with Crippen molar-refractivity contribution in [2.45, 2.75) is 6.10 Å². The van der Waals surface area contributed by atoms with Gasteiger partial charge >= 0.3 is 11.7 Å². The van der Waals surface area contributed by atoms with Gasteiger partial charge in [0, 0.05) is 5.56 Å². The van der Waals surface area contributed by atoms with Crippen LogP contribution in [0.5, 0.6) is 5.88 Å². The summed E-state index contributed by atoms with van der Waals surface area (Å²) >= 11 is 0. The zero-order valence-electron chi connectivity index (χ0n) is 13.1. The third-order valence-electron chi connectivity index (χ3n) is 4.14. The number of ether oxygens (including phenoxy) is 1. The maximum atomic E-state index is 13.5. The highest BCUT2D eigenvalue weighted by Crippen LogP contribution is 2.37. The van der Waals surface area contributed by atoms with Crippen molar-refractivity contribution in [2.75, 3.05) is 0 Å². The quantitative estimate of drug-likeness (QED) is 0.681. The maximum Gasteiger partial charge on any atom is 0.339 e. The molecule has 4 rings (SSSR count). The predicted molar refractivity (Wildman–Crippen MR) is 88.0 cm³/mol. The van der Waals surface area contributed by atoms with Crippen molar-refractivity contribution < 1.29 is 19.0 Å². The second kappa shape index (κ2) is 5.69. The van der Waals surface area contributed by atoms with Crippen molar-refractivity contribution in [2.24, 2.45) is 0 Å². The van der Waals surface area contributed by atoms with Gasteiger partial charge in [0.25, 0.3) is 5.56 Å². The molecule has 1 aliphatic heterocycles. The van der Waals surface area contributed by atoms with Gasteiger partial charge in [-0.1, -0.05) is 24.3 Å². The van der Waals surface area contributed by atoms with Gasteiger partial charge in [-0.05, 0) is 24.3 Å². The second-order valence-corrected chi connectivity index (χ2v) is 5.68. The molecular weight excluding hydrogens is 343 g/mol. The van der Waals surface area contributed by atoms with E-state index in [4.69, 9.17) is 4.74 Å². The number of fused-ring (bicyclic) bond motifs is 1. The van der Waals surface area contributed by atoms with Crippen molar-refractivity contribution in [3.8, 4) is 11.6 Å². The Hall–Kier alpha value is -3.68. The number of aromatic nitrogens is 2. The zero-order chi connectivity index (χ0) is 18.4. The Morgan fingerprint density at radius 2 is 1.85 bits per heavy atom.